The van der Waals surface area contributed by atoms with Crippen molar-refractivity contribution in [1.29, 1.82) is 0 Å². The Morgan fingerprint density at radius 1 is 0.929 bits per heavy atom. The number of benzene rings is 2. The van der Waals surface area contributed by atoms with Gasteiger partial charge in [-0.3, -0.25) is 9.88 Å². The first kappa shape index (κ1) is 18.5. The molecule has 2 heterocycles. The zero-order valence-corrected chi connectivity index (χ0v) is 16.3. The van der Waals surface area contributed by atoms with E-state index in [1.807, 2.05) is 18.3 Å². The molecule has 0 saturated heterocycles. The summed E-state index contributed by atoms with van der Waals surface area (Å²) in [5.74, 6) is 0.881. The summed E-state index contributed by atoms with van der Waals surface area (Å²) in [6.07, 6.45) is 6.38. The van der Waals surface area contributed by atoms with Crippen LogP contribution in [-0.2, 0) is 6.42 Å². The van der Waals surface area contributed by atoms with Gasteiger partial charge in [0.1, 0.15) is 5.75 Å². The third-order valence-corrected chi connectivity index (χ3v) is 5.36. The Morgan fingerprint density at radius 2 is 1.75 bits per heavy atom. The van der Waals surface area contributed by atoms with Crippen molar-refractivity contribution < 1.29 is 4.74 Å². The molecule has 0 fully saturated rings. The summed E-state index contributed by atoms with van der Waals surface area (Å²) in [6.45, 7) is 3.17. The maximum Gasteiger partial charge on any atom is 0.118 e. The monoisotopic (exact) mass is 370 g/mol. The molecule has 0 radical (unpaired) electrons. The van der Waals surface area contributed by atoms with E-state index < -0.39 is 0 Å². The van der Waals surface area contributed by atoms with Gasteiger partial charge in [-0.15, -0.1) is 0 Å². The average molecular weight is 370 g/mol. The van der Waals surface area contributed by atoms with Crippen molar-refractivity contribution >= 4 is 5.57 Å². The molecule has 3 nitrogen and oxygen atoms in total. The number of ether oxygens (including phenoxy) is 1. The van der Waals surface area contributed by atoms with Gasteiger partial charge >= 0.3 is 0 Å². The Morgan fingerprint density at radius 3 is 2.46 bits per heavy atom. The highest BCUT2D eigenvalue weighted by molar-refractivity contribution is 5.66. The van der Waals surface area contributed by atoms with Gasteiger partial charge in [0.25, 0.3) is 0 Å². The van der Waals surface area contributed by atoms with Crippen molar-refractivity contribution in [1.82, 2.24) is 9.88 Å². The van der Waals surface area contributed by atoms with Gasteiger partial charge in [-0.2, -0.15) is 0 Å². The second kappa shape index (κ2) is 8.85. The highest BCUT2D eigenvalue weighted by atomic mass is 16.5. The molecule has 0 unspecified atom stereocenters. The first-order valence-corrected chi connectivity index (χ1v) is 9.88. The van der Waals surface area contributed by atoms with E-state index >= 15 is 0 Å². The van der Waals surface area contributed by atoms with Crippen LogP contribution >= 0.6 is 0 Å². The number of methoxy groups -OCH3 is 1. The first-order chi connectivity index (χ1) is 13.8. The zero-order chi connectivity index (χ0) is 19.2. The smallest absolute Gasteiger partial charge is 0.118 e. The van der Waals surface area contributed by atoms with E-state index in [2.05, 4.69) is 70.6 Å². The predicted octanol–water partition coefficient (Wildman–Crippen LogP) is 5.09. The van der Waals surface area contributed by atoms with Gasteiger partial charge in [0.15, 0.2) is 0 Å². The lowest BCUT2D eigenvalue weighted by Crippen LogP contribution is -2.30. The van der Waals surface area contributed by atoms with Crippen LogP contribution in [0.2, 0.25) is 0 Å². The van der Waals surface area contributed by atoms with Crippen LogP contribution < -0.4 is 4.74 Å². The van der Waals surface area contributed by atoms with Crippen LogP contribution in [0, 0.1) is 0 Å². The minimum atomic E-state index is 0.881. The minimum absolute atomic E-state index is 0.881. The third-order valence-electron chi connectivity index (χ3n) is 5.36. The Bertz CT molecular complexity index is 932. The molecule has 1 aliphatic heterocycles. The zero-order valence-electron chi connectivity index (χ0n) is 16.3. The summed E-state index contributed by atoms with van der Waals surface area (Å²) < 4.78 is 5.25. The Kier molecular flexibility index (Phi) is 5.83. The lowest BCUT2D eigenvalue weighted by molar-refractivity contribution is 0.305. The summed E-state index contributed by atoms with van der Waals surface area (Å²) in [4.78, 5) is 7.09. The average Bonchev–Trinajstić information content (AvgIpc) is 2.79. The molecule has 2 aromatic carbocycles. The number of hydrogen-bond donors (Lipinski definition) is 0. The molecule has 0 aliphatic carbocycles. The molecule has 28 heavy (non-hydrogen) atoms. The molecular formula is C25H26N2O. The highest BCUT2D eigenvalue weighted by Crippen LogP contribution is 2.24. The second-order valence-corrected chi connectivity index (χ2v) is 7.16. The third kappa shape index (κ3) is 4.49. The van der Waals surface area contributed by atoms with Crippen molar-refractivity contribution in [3.8, 4) is 16.9 Å². The van der Waals surface area contributed by atoms with Crippen LogP contribution in [0.1, 0.15) is 17.7 Å². The van der Waals surface area contributed by atoms with E-state index in [1.165, 1.54) is 22.3 Å². The number of nitrogens with zero attached hydrogens (tertiary/aromatic N) is 2. The van der Waals surface area contributed by atoms with Crippen LogP contribution in [0.25, 0.3) is 16.7 Å². The molecular weight excluding hydrogens is 344 g/mol. The predicted molar refractivity (Wildman–Crippen MR) is 115 cm³/mol. The topological polar surface area (TPSA) is 25.4 Å². The first-order valence-electron chi connectivity index (χ1n) is 9.88. The summed E-state index contributed by atoms with van der Waals surface area (Å²) in [7, 11) is 1.69. The molecule has 142 valence electrons. The van der Waals surface area contributed by atoms with Crippen molar-refractivity contribution in [2.45, 2.75) is 12.8 Å². The van der Waals surface area contributed by atoms with Crippen LogP contribution in [0.15, 0.2) is 79.0 Å². The normalized spacial score (nSPS) is 14.5. The molecule has 1 aliphatic rings. The lowest BCUT2D eigenvalue weighted by Gasteiger charge is -2.26. The molecule has 0 atom stereocenters. The molecule has 4 rings (SSSR count). The molecule has 0 spiro atoms. The number of aromatic nitrogens is 1. The van der Waals surface area contributed by atoms with Crippen LogP contribution in [-0.4, -0.2) is 36.6 Å². The molecule has 0 saturated carbocycles. The number of pyridine rings is 1. The summed E-state index contributed by atoms with van der Waals surface area (Å²) >= 11 is 0. The number of rotatable bonds is 6. The van der Waals surface area contributed by atoms with Gasteiger partial charge in [0.05, 0.1) is 7.11 Å². The quantitative estimate of drug-likeness (QED) is 0.604. The van der Waals surface area contributed by atoms with E-state index in [0.717, 1.165) is 43.9 Å². The summed E-state index contributed by atoms with van der Waals surface area (Å²) in [5, 5.41) is 0. The Labute approximate surface area is 167 Å². The van der Waals surface area contributed by atoms with Gasteiger partial charge in [-0.25, -0.2) is 0 Å². The van der Waals surface area contributed by atoms with Crippen LogP contribution in [0.5, 0.6) is 5.75 Å². The molecule has 1 aromatic heterocycles. The SMILES string of the molecule is COc1ccc(-c2ccnc(CCN3CC=C(c4ccccc4)CC3)c2)cc1. The van der Waals surface area contributed by atoms with E-state index in [9.17, 15) is 0 Å². The van der Waals surface area contributed by atoms with E-state index in [-0.39, 0.29) is 0 Å². The van der Waals surface area contributed by atoms with Gasteiger partial charge in [-0.1, -0.05) is 48.5 Å². The van der Waals surface area contributed by atoms with Crippen molar-refractivity contribution in [3.63, 3.8) is 0 Å². The van der Waals surface area contributed by atoms with E-state index in [4.69, 9.17) is 4.74 Å². The van der Waals surface area contributed by atoms with E-state index in [1.54, 1.807) is 7.11 Å². The number of hydrogen-bond acceptors (Lipinski definition) is 3. The molecule has 0 bridgehead atoms. The fourth-order valence-electron chi connectivity index (χ4n) is 3.68. The van der Waals surface area contributed by atoms with Crippen LogP contribution in [0.3, 0.4) is 0 Å². The largest absolute Gasteiger partial charge is 0.497 e. The standard InChI is InChI=1S/C25H26N2O/c1-28-25-9-7-21(8-10-25)23-11-15-26-24(19-23)14-18-27-16-12-22(13-17-27)20-5-3-2-4-6-20/h2-12,15,19H,13-14,16-18H2,1H3. The van der Waals surface area contributed by atoms with Crippen molar-refractivity contribution in [2.75, 3.05) is 26.7 Å². The van der Waals surface area contributed by atoms with Gasteiger partial charge < -0.3 is 4.74 Å². The summed E-state index contributed by atoms with van der Waals surface area (Å²) in [6, 6.07) is 23.2. The maximum absolute atomic E-state index is 5.25. The lowest BCUT2D eigenvalue weighted by atomic mass is 9.99. The minimum Gasteiger partial charge on any atom is -0.497 e. The molecule has 0 amide bonds. The Balaban J connectivity index is 1.36. The van der Waals surface area contributed by atoms with E-state index in [0.29, 0.717) is 0 Å². The van der Waals surface area contributed by atoms with Gasteiger partial charge in [-0.05, 0) is 52.9 Å². The Hall–Kier alpha value is -2.91. The fraction of sp³-hybridized carbons (Fsp3) is 0.240. The molecule has 0 N–H and O–H groups in total. The molecule has 3 aromatic rings. The van der Waals surface area contributed by atoms with Crippen LogP contribution in [0.4, 0.5) is 0 Å². The van der Waals surface area contributed by atoms with Crippen molar-refractivity contribution in [3.05, 3.63) is 90.3 Å². The summed E-state index contributed by atoms with van der Waals surface area (Å²) in [5.41, 5.74) is 6.37. The van der Waals surface area contributed by atoms with Gasteiger partial charge in [0, 0.05) is 37.9 Å². The van der Waals surface area contributed by atoms with Crippen molar-refractivity contribution in [2.24, 2.45) is 0 Å². The van der Waals surface area contributed by atoms with Gasteiger partial charge in [0.2, 0.25) is 0 Å². The molecule has 3 heteroatoms. The second-order valence-electron chi connectivity index (χ2n) is 7.16. The highest BCUT2D eigenvalue weighted by Gasteiger charge is 2.13. The fourth-order valence-corrected chi connectivity index (χ4v) is 3.68. The maximum atomic E-state index is 5.25.